The van der Waals surface area contributed by atoms with Crippen LogP contribution in [0.2, 0.25) is 5.02 Å². The molecular formula is C18H17ClN2O5S. The minimum atomic E-state index is -1.08. The summed E-state index contributed by atoms with van der Waals surface area (Å²) in [6.07, 6.45) is 3.08. The number of fused-ring (bicyclic) bond motifs is 1. The van der Waals surface area contributed by atoms with E-state index in [9.17, 15) is 19.7 Å². The first-order valence-electron chi connectivity index (χ1n) is 8.42. The minimum absolute atomic E-state index is 0.0883. The summed E-state index contributed by atoms with van der Waals surface area (Å²) in [6.45, 7) is 1.44. The van der Waals surface area contributed by atoms with Gasteiger partial charge in [-0.3, -0.25) is 14.9 Å². The second kappa shape index (κ2) is 8.06. The molecule has 1 aliphatic rings. The number of anilines is 1. The maximum atomic E-state index is 12.3. The molecule has 7 nitrogen and oxygen atoms in total. The van der Waals surface area contributed by atoms with Gasteiger partial charge in [0.1, 0.15) is 4.88 Å². The number of benzene rings is 1. The van der Waals surface area contributed by atoms with E-state index in [0.717, 1.165) is 31.7 Å². The van der Waals surface area contributed by atoms with Crippen LogP contribution in [0, 0.1) is 10.1 Å². The van der Waals surface area contributed by atoms with Crippen LogP contribution >= 0.6 is 22.9 Å². The Hall–Kier alpha value is -2.45. The number of aryl methyl sites for hydroxylation is 2. The quantitative estimate of drug-likeness (QED) is 0.450. The van der Waals surface area contributed by atoms with Crippen molar-refractivity contribution in [2.45, 2.75) is 38.7 Å². The van der Waals surface area contributed by atoms with Crippen LogP contribution in [-0.4, -0.2) is 22.9 Å². The molecule has 9 heteroatoms. The number of nitrogens with one attached hydrogen (secondary N) is 1. The largest absolute Gasteiger partial charge is 0.448 e. The highest BCUT2D eigenvalue weighted by atomic mass is 35.5. The molecule has 0 radical (unpaired) electrons. The topological polar surface area (TPSA) is 98.5 Å². The highest BCUT2D eigenvalue weighted by Gasteiger charge is 2.23. The highest BCUT2D eigenvalue weighted by Crippen LogP contribution is 2.30. The SMILES string of the molecule is C[C@H](OC(=O)c1cc2c(s1)CCCC2)C(=O)Nc1cc([N+](=O)[O-])ccc1Cl. The van der Waals surface area contributed by atoms with E-state index in [0.29, 0.717) is 4.88 Å². The zero-order chi connectivity index (χ0) is 19.6. The van der Waals surface area contributed by atoms with Gasteiger partial charge in [0, 0.05) is 17.0 Å². The van der Waals surface area contributed by atoms with Gasteiger partial charge in [-0.15, -0.1) is 11.3 Å². The molecule has 27 heavy (non-hydrogen) atoms. The molecule has 1 aliphatic carbocycles. The Morgan fingerprint density at radius 1 is 1.30 bits per heavy atom. The van der Waals surface area contributed by atoms with E-state index in [1.807, 2.05) is 6.07 Å². The fraction of sp³-hybridized carbons (Fsp3) is 0.333. The van der Waals surface area contributed by atoms with Crippen LogP contribution in [0.5, 0.6) is 0 Å². The summed E-state index contributed by atoms with van der Waals surface area (Å²) in [7, 11) is 0. The zero-order valence-corrected chi connectivity index (χ0v) is 16.1. The van der Waals surface area contributed by atoms with Gasteiger partial charge in [-0.05, 0) is 50.3 Å². The average Bonchev–Trinajstić information content (AvgIpc) is 3.07. The lowest BCUT2D eigenvalue weighted by Gasteiger charge is -2.13. The number of non-ortho nitro benzene ring substituents is 1. The second-order valence-electron chi connectivity index (χ2n) is 6.22. The smallest absolute Gasteiger partial charge is 0.349 e. The second-order valence-corrected chi connectivity index (χ2v) is 7.77. The number of esters is 1. The molecule has 0 saturated carbocycles. The van der Waals surface area contributed by atoms with Gasteiger partial charge in [0.05, 0.1) is 15.6 Å². The number of hydrogen-bond donors (Lipinski definition) is 1. The molecule has 1 aromatic carbocycles. The number of nitrogens with zero attached hydrogens (tertiary/aromatic N) is 1. The maximum absolute atomic E-state index is 12.3. The predicted octanol–water partition coefficient (Wildman–Crippen LogP) is 4.37. The summed E-state index contributed by atoms with van der Waals surface area (Å²) >= 11 is 7.37. The third kappa shape index (κ3) is 4.45. The van der Waals surface area contributed by atoms with Gasteiger partial charge in [0.15, 0.2) is 6.10 Å². The molecule has 1 atom stereocenters. The number of thiophene rings is 1. The standard InChI is InChI=1S/C18H17ClN2O5S/c1-10(17(22)20-14-9-12(21(24)25)6-7-13(14)19)26-18(23)16-8-11-4-2-3-5-15(11)27-16/h6-10H,2-5H2,1H3,(H,20,22)/t10-/m0/s1. The molecule has 0 bridgehead atoms. The van der Waals surface area contributed by atoms with E-state index >= 15 is 0 Å². The van der Waals surface area contributed by atoms with Crippen LogP contribution in [0.1, 0.15) is 39.9 Å². The van der Waals surface area contributed by atoms with Gasteiger partial charge in [-0.1, -0.05) is 11.6 Å². The van der Waals surface area contributed by atoms with Crippen molar-refractivity contribution in [3.63, 3.8) is 0 Å². The summed E-state index contributed by atoms with van der Waals surface area (Å²) in [4.78, 5) is 36.6. The van der Waals surface area contributed by atoms with Gasteiger partial charge in [0.2, 0.25) is 0 Å². The number of ether oxygens (including phenoxy) is 1. The van der Waals surface area contributed by atoms with Gasteiger partial charge in [-0.25, -0.2) is 4.79 Å². The van der Waals surface area contributed by atoms with E-state index in [1.54, 1.807) is 0 Å². The highest BCUT2D eigenvalue weighted by molar-refractivity contribution is 7.14. The molecule has 1 heterocycles. The van der Waals surface area contributed by atoms with Crippen LogP contribution in [-0.2, 0) is 22.4 Å². The number of rotatable bonds is 5. The Bertz CT molecular complexity index is 888. The van der Waals surface area contributed by atoms with Gasteiger partial charge < -0.3 is 10.1 Å². The maximum Gasteiger partial charge on any atom is 0.349 e. The van der Waals surface area contributed by atoms with Crippen LogP contribution in [0.4, 0.5) is 11.4 Å². The van der Waals surface area contributed by atoms with Crippen molar-refractivity contribution in [2.75, 3.05) is 5.32 Å². The Kier molecular flexibility index (Phi) is 5.76. The number of nitro groups is 1. The van der Waals surface area contributed by atoms with Crippen molar-refractivity contribution in [1.82, 2.24) is 0 Å². The van der Waals surface area contributed by atoms with E-state index in [4.69, 9.17) is 16.3 Å². The van der Waals surface area contributed by atoms with Crippen molar-refractivity contribution in [3.05, 3.63) is 54.7 Å². The van der Waals surface area contributed by atoms with E-state index in [-0.39, 0.29) is 16.4 Å². The van der Waals surface area contributed by atoms with Crippen molar-refractivity contribution < 1.29 is 19.2 Å². The van der Waals surface area contributed by atoms with Gasteiger partial charge >= 0.3 is 5.97 Å². The first-order valence-corrected chi connectivity index (χ1v) is 9.62. The molecular weight excluding hydrogens is 392 g/mol. The average molecular weight is 409 g/mol. The first-order chi connectivity index (χ1) is 12.8. The molecule has 1 aromatic heterocycles. The minimum Gasteiger partial charge on any atom is -0.448 e. The fourth-order valence-corrected chi connectivity index (χ4v) is 4.12. The molecule has 2 aromatic rings. The first kappa shape index (κ1) is 19.3. The zero-order valence-electron chi connectivity index (χ0n) is 14.5. The monoisotopic (exact) mass is 408 g/mol. The number of hydrogen-bond acceptors (Lipinski definition) is 6. The number of carbonyl (C=O) groups excluding carboxylic acids is 2. The lowest BCUT2D eigenvalue weighted by Crippen LogP contribution is -2.29. The van der Waals surface area contributed by atoms with Gasteiger partial charge in [-0.2, -0.15) is 0 Å². The summed E-state index contributed by atoms with van der Waals surface area (Å²) in [6, 6.07) is 5.55. The van der Waals surface area contributed by atoms with E-state index in [2.05, 4.69) is 5.32 Å². The van der Waals surface area contributed by atoms with Crippen molar-refractivity contribution >= 4 is 46.2 Å². The van der Waals surface area contributed by atoms with E-state index in [1.165, 1.54) is 40.8 Å². The van der Waals surface area contributed by atoms with Crippen molar-refractivity contribution in [3.8, 4) is 0 Å². The molecule has 0 saturated heterocycles. The summed E-state index contributed by atoms with van der Waals surface area (Å²) in [5.41, 5.74) is 1.06. The molecule has 0 aliphatic heterocycles. The number of halogens is 1. The number of carbonyl (C=O) groups is 2. The third-order valence-corrected chi connectivity index (χ3v) is 5.82. The molecule has 0 fully saturated rings. The molecule has 1 N–H and O–H groups in total. The third-order valence-electron chi connectivity index (χ3n) is 4.27. The Morgan fingerprint density at radius 3 is 2.74 bits per heavy atom. The summed E-state index contributed by atoms with van der Waals surface area (Å²) in [5, 5.41) is 13.5. The van der Waals surface area contributed by atoms with Crippen LogP contribution in [0.25, 0.3) is 0 Å². The van der Waals surface area contributed by atoms with Crippen molar-refractivity contribution in [1.29, 1.82) is 0 Å². The molecule has 1 amide bonds. The molecule has 0 spiro atoms. The molecule has 142 valence electrons. The van der Waals surface area contributed by atoms with Crippen molar-refractivity contribution in [2.24, 2.45) is 0 Å². The Balaban J connectivity index is 1.65. The van der Waals surface area contributed by atoms with Gasteiger partial charge in [0.25, 0.3) is 11.6 Å². The fourth-order valence-electron chi connectivity index (χ4n) is 2.82. The Morgan fingerprint density at radius 2 is 2.04 bits per heavy atom. The van der Waals surface area contributed by atoms with Crippen LogP contribution < -0.4 is 5.32 Å². The number of amides is 1. The predicted molar refractivity (Wildman–Crippen MR) is 103 cm³/mol. The molecule has 3 rings (SSSR count). The summed E-state index contributed by atoms with van der Waals surface area (Å²) < 4.78 is 5.25. The summed E-state index contributed by atoms with van der Waals surface area (Å²) in [5.74, 6) is -1.17. The molecule has 0 unspecified atom stereocenters. The van der Waals surface area contributed by atoms with E-state index < -0.39 is 22.9 Å². The lowest BCUT2D eigenvalue weighted by molar-refractivity contribution is -0.384. The van der Waals surface area contributed by atoms with Crippen LogP contribution in [0.15, 0.2) is 24.3 Å². The Labute approximate surface area is 164 Å². The number of nitro benzene ring substituents is 1. The lowest BCUT2D eigenvalue weighted by atomic mass is 9.99. The normalized spacial score (nSPS) is 14.1. The van der Waals surface area contributed by atoms with Crippen LogP contribution in [0.3, 0.4) is 0 Å².